The molecule has 1 fully saturated rings. The molecule has 3 nitrogen and oxygen atoms in total. The van der Waals surface area contributed by atoms with E-state index in [1.54, 1.807) is 0 Å². The summed E-state index contributed by atoms with van der Waals surface area (Å²) in [6.07, 6.45) is 2.78. The van der Waals surface area contributed by atoms with Gasteiger partial charge in [-0.1, -0.05) is 0 Å². The van der Waals surface area contributed by atoms with Crippen molar-refractivity contribution >= 4 is 0 Å². The number of rotatable bonds is 0. The molecule has 1 aliphatic heterocycles. The number of hydrogen-bond acceptors (Lipinski definition) is 3. The zero-order chi connectivity index (χ0) is 5.98. The summed E-state index contributed by atoms with van der Waals surface area (Å²) in [5.74, 6) is 0. The van der Waals surface area contributed by atoms with E-state index in [1.807, 2.05) is 0 Å². The van der Waals surface area contributed by atoms with Crippen molar-refractivity contribution in [3.8, 4) is 0 Å². The highest BCUT2D eigenvalue weighted by atomic mass is 16.5. The normalized spacial score (nSPS) is 39.8. The maximum Gasteiger partial charge on any atom is 0.107 e. The van der Waals surface area contributed by atoms with E-state index < -0.39 is 0 Å². The van der Waals surface area contributed by atoms with Crippen LogP contribution in [0.1, 0.15) is 19.3 Å². The van der Waals surface area contributed by atoms with Gasteiger partial charge in [-0.3, -0.25) is 0 Å². The minimum atomic E-state index is -0.112. The molecule has 1 saturated heterocycles. The van der Waals surface area contributed by atoms with Crippen molar-refractivity contribution in [2.75, 3.05) is 0 Å². The first kappa shape index (κ1) is 6.01. The molecular weight excluding hydrogens is 104 g/mol. The third-order valence-electron chi connectivity index (χ3n) is 1.33. The first-order chi connectivity index (χ1) is 3.79. The van der Waals surface area contributed by atoms with Gasteiger partial charge in [0.2, 0.25) is 0 Å². The van der Waals surface area contributed by atoms with Gasteiger partial charge in [-0.2, -0.15) is 0 Å². The third kappa shape index (κ3) is 1.43. The van der Waals surface area contributed by atoms with Crippen molar-refractivity contribution in [2.45, 2.75) is 31.7 Å². The Hall–Kier alpha value is -0.120. The second-order valence-electron chi connectivity index (χ2n) is 2.14. The molecular formula is C5H12N2O. The molecule has 1 aliphatic rings. The van der Waals surface area contributed by atoms with Gasteiger partial charge in [0.05, 0.1) is 0 Å². The van der Waals surface area contributed by atoms with Crippen LogP contribution in [0.15, 0.2) is 0 Å². The van der Waals surface area contributed by atoms with Crippen LogP contribution < -0.4 is 11.5 Å². The minimum Gasteiger partial charge on any atom is -0.346 e. The Kier molecular flexibility index (Phi) is 1.83. The lowest BCUT2D eigenvalue weighted by molar-refractivity contribution is -0.0421. The minimum absolute atomic E-state index is 0.112. The SMILES string of the molecule is NC1CCCC(N)O1. The van der Waals surface area contributed by atoms with Crippen LogP contribution in [-0.4, -0.2) is 12.5 Å². The van der Waals surface area contributed by atoms with Crippen molar-refractivity contribution in [2.24, 2.45) is 11.5 Å². The molecule has 0 spiro atoms. The monoisotopic (exact) mass is 116 g/mol. The predicted molar refractivity (Wildman–Crippen MR) is 30.9 cm³/mol. The lowest BCUT2D eigenvalue weighted by atomic mass is 10.1. The molecule has 0 aliphatic carbocycles. The van der Waals surface area contributed by atoms with Gasteiger partial charge in [0.1, 0.15) is 12.5 Å². The van der Waals surface area contributed by atoms with Gasteiger partial charge in [0, 0.05) is 0 Å². The van der Waals surface area contributed by atoms with Gasteiger partial charge >= 0.3 is 0 Å². The number of nitrogens with two attached hydrogens (primary N) is 2. The van der Waals surface area contributed by atoms with Gasteiger partial charge < -0.3 is 16.2 Å². The third-order valence-corrected chi connectivity index (χ3v) is 1.33. The smallest absolute Gasteiger partial charge is 0.107 e. The average Bonchev–Trinajstić information content (AvgIpc) is 1.64. The van der Waals surface area contributed by atoms with E-state index >= 15 is 0 Å². The Labute approximate surface area is 49.0 Å². The molecule has 0 bridgehead atoms. The highest BCUT2D eigenvalue weighted by Gasteiger charge is 2.14. The highest BCUT2D eigenvalue weighted by Crippen LogP contribution is 2.11. The molecule has 2 atom stereocenters. The van der Waals surface area contributed by atoms with E-state index in [-0.39, 0.29) is 12.5 Å². The molecule has 4 N–H and O–H groups in total. The van der Waals surface area contributed by atoms with E-state index in [4.69, 9.17) is 16.2 Å². The summed E-state index contributed by atoms with van der Waals surface area (Å²) in [6, 6.07) is 0. The fourth-order valence-electron chi connectivity index (χ4n) is 0.881. The first-order valence-corrected chi connectivity index (χ1v) is 2.95. The van der Waals surface area contributed by atoms with Gasteiger partial charge in [0.15, 0.2) is 0 Å². The van der Waals surface area contributed by atoms with Crippen LogP contribution >= 0.6 is 0 Å². The van der Waals surface area contributed by atoms with Crippen molar-refractivity contribution in [3.63, 3.8) is 0 Å². The fraction of sp³-hybridized carbons (Fsp3) is 1.00. The lowest BCUT2D eigenvalue weighted by Gasteiger charge is -2.23. The summed E-state index contributed by atoms with van der Waals surface area (Å²) in [7, 11) is 0. The van der Waals surface area contributed by atoms with Crippen LogP contribution in [0, 0.1) is 0 Å². The van der Waals surface area contributed by atoms with Crippen LogP contribution in [0.3, 0.4) is 0 Å². The Bertz CT molecular complexity index is 68.8. The molecule has 2 unspecified atom stereocenters. The van der Waals surface area contributed by atoms with Gasteiger partial charge in [-0.15, -0.1) is 0 Å². The van der Waals surface area contributed by atoms with Gasteiger partial charge in [-0.25, -0.2) is 0 Å². The molecule has 0 radical (unpaired) electrons. The topological polar surface area (TPSA) is 61.3 Å². The Morgan fingerprint density at radius 3 is 1.88 bits per heavy atom. The zero-order valence-electron chi connectivity index (χ0n) is 4.84. The average molecular weight is 116 g/mol. The van der Waals surface area contributed by atoms with E-state index in [0.29, 0.717) is 0 Å². The summed E-state index contributed by atoms with van der Waals surface area (Å²) in [6.45, 7) is 0. The van der Waals surface area contributed by atoms with Gasteiger partial charge in [-0.05, 0) is 19.3 Å². The fourth-order valence-corrected chi connectivity index (χ4v) is 0.881. The highest BCUT2D eigenvalue weighted by molar-refractivity contribution is 4.61. The largest absolute Gasteiger partial charge is 0.346 e. The Morgan fingerprint density at radius 2 is 1.62 bits per heavy atom. The van der Waals surface area contributed by atoms with E-state index in [9.17, 15) is 0 Å². The molecule has 0 amide bonds. The lowest BCUT2D eigenvalue weighted by Crippen LogP contribution is -2.38. The maximum absolute atomic E-state index is 5.42. The van der Waals surface area contributed by atoms with Gasteiger partial charge in [0.25, 0.3) is 0 Å². The summed E-state index contributed by atoms with van der Waals surface area (Å²) in [5, 5.41) is 0. The van der Waals surface area contributed by atoms with E-state index in [1.165, 1.54) is 0 Å². The molecule has 0 aromatic heterocycles. The zero-order valence-corrected chi connectivity index (χ0v) is 4.84. The molecule has 1 heterocycles. The Balaban J connectivity index is 2.23. The van der Waals surface area contributed by atoms with Crippen LogP contribution in [-0.2, 0) is 4.74 Å². The second kappa shape index (κ2) is 2.44. The molecule has 48 valence electrons. The maximum atomic E-state index is 5.42. The van der Waals surface area contributed by atoms with E-state index in [2.05, 4.69) is 0 Å². The van der Waals surface area contributed by atoms with Crippen molar-refractivity contribution in [3.05, 3.63) is 0 Å². The van der Waals surface area contributed by atoms with Crippen molar-refractivity contribution in [1.82, 2.24) is 0 Å². The summed E-state index contributed by atoms with van der Waals surface area (Å²) >= 11 is 0. The van der Waals surface area contributed by atoms with E-state index in [0.717, 1.165) is 19.3 Å². The number of ether oxygens (including phenoxy) is 1. The first-order valence-electron chi connectivity index (χ1n) is 2.95. The molecule has 0 aromatic carbocycles. The molecule has 0 saturated carbocycles. The molecule has 8 heavy (non-hydrogen) atoms. The summed E-state index contributed by atoms with van der Waals surface area (Å²) in [5.41, 5.74) is 10.8. The summed E-state index contributed by atoms with van der Waals surface area (Å²) < 4.78 is 5.04. The van der Waals surface area contributed by atoms with Crippen LogP contribution in [0.25, 0.3) is 0 Å². The number of hydrogen-bond donors (Lipinski definition) is 2. The Morgan fingerprint density at radius 1 is 1.12 bits per heavy atom. The van der Waals surface area contributed by atoms with Crippen LogP contribution in [0.4, 0.5) is 0 Å². The standard InChI is InChI=1S/C5H12N2O/c6-4-2-1-3-5(7)8-4/h4-5H,1-3,6-7H2. The van der Waals surface area contributed by atoms with Crippen LogP contribution in [0.2, 0.25) is 0 Å². The van der Waals surface area contributed by atoms with Crippen molar-refractivity contribution < 1.29 is 4.74 Å². The molecule has 3 heteroatoms. The molecule has 1 rings (SSSR count). The predicted octanol–water partition coefficient (Wildman–Crippen LogP) is -0.244. The van der Waals surface area contributed by atoms with Crippen LogP contribution in [0.5, 0.6) is 0 Å². The molecule has 0 aromatic rings. The van der Waals surface area contributed by atoms with Crippen molar-refractivity contribution in [1.29, 1.82) is 0 Å². The second-order valence-corrected chi connectivity index (χ2v) is 2.14. The quantitative estimate of drug-likeness (QED) is 0.459. The summed E-state index contributed by atoms with van der Waals surface area (Å²) in [4.78, 5) is 0.